The Hall–Kier alpha value is -1.52. The molecule has 1 heterocycles. The van der Waals surface area contributed by atoms with Gasteiger partial charge in [0.2, 0.25) is 0 Å². The van der Waals surface area contributed by atoms with E-state index in [1.54, 1.807) is 0 Å². The molecule has 106 valence electrons. The number of hydrogen-bond donors (Lipinski definition) is 1. The van der Waals surface area contributed by atoms with Crippen LogP contribution in [0.5, 0.6) is 5.75 Å². The minimum absolute atomic E-state index is 0.0298. The van der Waals surface area contributed by atoms with E-state index in [9.17, 15) is 0 Å². The fourth-order valence-corrected chi connectivity index (χ4v) is 2.44. The van der Waals surface area contributed by atoms with Gasteiger partial charge in [-0.05, 0) is 37.5 Å². The molecule has 0 radical (unpaired) electrons. The molecule has 1 aromatic carbocycles. The first kappa shape index (κ1) is 13.5. The molecule has 1 atom stereocenters. The number of halogens is 1. The van der Waals surface area contributed by atoms with Gasteiger partial charge in [0, 0.05) is 12.1 Å². The van der Waals surface area contributed by atoms with Gasteiger partial charge in [-0.3, -0.25) is 0 Å². The molecule has 2 aromatic rings. The summed E-state index contributed by atoms with van der Waals surface area (Å²) in [5, 5.41) is 0.595. The second kappa shape index (κ2) is 5.46. The number of nitrogens with two attached hydrogens (primary N) is 1. The van der Waals surface area contributed by atoms with E-state index in [1.165, 1.54) is 12.8 Å². The van der Waals surface area contributed by atoms with Crippen LogP contribution in [0, 0.1) is 0 Å². The number of rotatable bonds is 5. The van der Waals surface area contributed by atoms with Crippen molar-refractivity contribution in [2.75, 3.05) is 0 Å². The van der Waals surface area contributed by atoms with Crippen LogP contribution in [-0.4, -0.2) is 9.55 Å². The average Bonchev–Trinajstić information content (AvgIpc) is 3.16. The lowest BCUT2D eigenvalue weighted by molar-refractivity contribution is 0.295. The Bertz CT molecular complexity index is 605. The highest BCUT2D eigenvalue weighted by atomic mass is 35.5. The van der Waals surface area contributed by atoms with Crippen molar-refractivity contribution in [3.63, 3.8) is 0 Å². The summed E-state index contributed by atoms with van der Waals surface area (Å²) in [7, 11) is 0. The van der Waals surface area contributed by atoms with Crippen LogP contribution < -0.4 is 10.5 Å². The summed E-state index contributed by atoms with van der Waals surface area (Å²) in [5.74, 6) is 0.680. The third kappa shape index (κ3) is 2.81. The normalized spacial score (nSPS) is 16.1. The van der Waals surface area contributed by atoms with Crippen molar-refractivity contribution in [2.24, 2.45) is 5.73 Å². The van der Waals surface area contributed by atoms with Crippen LogP contribution in [0.1, 0.15) is 43.1 Å². The molecule has 1 aliphatic rings. The van der Waals surface area contributed by atoms with Crippen LogP contribution in [0.4, 0.5) is 0 Å². The topological polar surface area (TPSA) is 53.1 Å². The molecule has 0 spiro atoms. The van der Waals surface area contributed by atoms with E-state index in [-0.39, 0.29) is 6.04 Å². The molecule has 4 nitrogen and oxygen atoms in total. The van der Waals surface area contributed by atoms with Crippen LogP contribution in [-0.2, 0) is 6.61 Å². The molecule has 0 aliphatic heterocycles. The Kier molecular flexibility index (Phi) is 3.68. The Labute approximate surface area is 123 Å². The summed E-state index contributed by atoms with van der Waals surface area (Å²) in [6.07, 6.45) is 6.18. The van der Waals surface area contributed by atoms with Crippen molar-refractivity contribution in [3.8, 4) is 5.75 Å². The Morgan fingerprint density at radius 2 is 2.30 bits per heavy atom. The van der Waals surface area contributed by atoms with Gasteiger partial charge >= 0.3 is 0 Å². The van der Waals surface area contributed by atoms with Gasteiger partial charge in [0.05, 0.1) is 23.2 Å². The van der Waals surface area contributed by atoms with Crippen LogP contribution in [0.3, 0.4) is 0 Å². The van der Waals surface area contributed by atoms with E-state index < -0.39 is 0 Å². The lowest BCUT2D eigenvalue weighted by atomic mass is 10.1. The third-order valence-electron chi connectivity index (χ3n) is 3.54. The first-order chi connectivity index (χ1) is 9.65. The van der Waals surface area contributed by atoms with Gasteiger partial charge in [-0.15, -0.1) is 0 Å². The Morgan fingerprint density at radius 3 is 2.95 bits per heavy atom. The first-order valence-electron chi connectivity index (χ1n) is 6.83. The van der Waals surface area contributed by atoms with E-state index >= 15 is 0 Å². The second-order valence-electron chi connectivity index (χ2n) is 5.29. The van der Waals surface area contributed by atoms with Crippen LogP contribution in [0.15, 0.2) is 30.7 Å². The van der Waals surface area contributed by atoms with Gasteiger partial charge in [-0.2, -0.15) is 0 Å². The maximum atomic E-state index is 6.23. The van der Waals surface area contributed by atoms with Gasteiger partial charge in [-0.25, -0.2) is 4.98 Å². The summed E-state index contributed by atoms with van der Waals surface area (Å²) in [6, 6.07) is 6.26. The van der Waals surface area contributed by atoms with E-state index in [0.29, 0.717) is 23.4 Å². The van der Waals surface area contributed by atoms with Gasteiger partial charge < -0.3 is 15.0 Å². The summed E-state index contributed by atoms with van der Waals surface area (Å²) in [5.41, 5.74) is 7.92. The SMILES string of the molecule is C[C@@H](N)c1ccc(OCc2cncn2C2CC2)c(Cl)c1. The predicted octanol–water partition coefficient (Wildman–Crippen LogP) is 3.47. The van der Waals surface area contributed by atoms with E-state index in [0.717, 1.165) is 11.3 Å². The molecule has 0 saturated heterocycles. The third-order valence-corrected chi connectivity index (χ3v) is 3.84. The summed E-state index contributed by atoms with van der Waals surface area (Å²) < 4.78 is 7.99. The second-order valence-corrected chi connectivity index (χ2v) is 5.70. The summed E-state index contributed by atoms with van der Waals surface area (Å²) >= 11 is 6.23. The molecule has 5 heteroatoms. The quantitative estimate of drug-likeness (QED) is 0.918. The van der Waals surface area contributed by atoms with Crippen molar-refractivity contribution in [3.05, 3.63) is 47.0 Å². The highest BCUT2D eigenvalue weighted by Crippen LogP contribution is 2.36. The lowest BCUT2D eigenvalue weighted by Gasteiger charge is -2.12. The van der Waals surface area contributed by atoms with Gasteiger partial charge in [0.1, 0.15) is 12.4 Å². The molecule has 20 heavy (non-hydrogen) atoms. The molecule has 2 N–H and O–H groups in total. The van der Waals surface area contributed by atoms with Crippen molar-refractivity contribution in [1.82, 2.24) is 9.55 Å². The predicted molar refractivity (Wildman–Crippen MR) is 78.9 cm³/mol. The molecule has 1 saturated carbocycles. The van der Waals surface area contributed by atoms with Crippen molar-refractivity contribution in [2.45, 2.75) is 38.5 Å². The molecule has 1 aromatic heterocycles. The van der Waals surface area contributed by atoms with Crippen molar-refractivity contribution < 1.29 is 4.74 Å². The first-order valence-corrected chi connectivity index (χ1v) is 7.21. The number of hydrogen-bond acceptors (Lipinski definition) is 3. The molecular weight excluding hydrogens is 274 g/mol. The average molecular weight is 292 g/mol. The van der Waals surface area contributed by atoms with Crippen LogP contribution in [0.2, 0.25) is 5.02 Å². The van der Waals surface area contributed by atoms with Crippen LogP contribution in [0.25, 0.3) is 0 Å². The maximum Gasteiger partial charge on any atom is 0.138 e. The van der Waals surface area contributed by atoms with Gasteiger partial charge in [-0.1, -0.05) is 17.7 Å². The molecule has 0 unspecified atom stereocenters. The Morgan fingerprint density at radius 1 is 1.50 bits per heavy atom. The largest absolute Gasteiger partial charge is 0.486 e. The smallest absolute Gasteiger partial charge is 0.138 e. The minimum Gasteiger partial charge on any atom is -0.486 e. The van der Waals surface area contributed by atoms with Crippen molar-refractivity contribution in [1.29, 1.82) is 0 Å². The Balaban J connectivity index is 1.70. The number of nitrogens with zero attached hydrogens (tertiary/aromatic N) is 2. The fourth-order valence-electron chi connectivity index (χ4n) is 2.19. The molecule has 3 rings (SSSR count). The maximum absolute atomic E-state index is 6.23. The summed E-state index contributed by atoms with van der Waals surface area (Å²) in [6.45, 7) is 2.41. The number of imidazole rings is 1. The number of benzene rings is 1. The number of ether oxygens (including phenoxy) is 1. The van der Waals surface area contributed by atoms with Gasteiger partial charge in [0.15, 0.2) is 0 Å². The fraction of sp³-hybridized carbons (Fsp3) is 0.400. The summed E-state index contributed by atoms with van der Waals surface area (Å²) in [4.78, 5) is 4.19. The standard InChI is InChI=1S/C15H18ClN3O/c1-10(17)11-2-5-15(14(16)6-11)20-8-13-7-18-9-19(13)12-3-4-12/h2,5-7,9-10,12H,3-4,8,17H2,1H3/t10-/m1/s1. The van der Waals surface area contributed by atoms with Crippen LogP contribution >= 0.6 is 11.6 Å². The van der Waals surface area contributed by atoms with E-state index in [4.69, 9.17) is 22.1 Å². The zero-order valence-corrected chi connectivity index (χ0v) is 12.2. The zero-order valence-electron chi connectivity index (χ0n) is 11.4. The van der Waals surface area contributed by atoms with Gasteiger partial charge in [0.25, 0.3) is 0 Å². The van der Waals surface area contributed by atoms with E-state index in [2.05, 4.69) is 9.55 Å². The minimum atomic E-state index is -0.0298. The van der Waals surface area contributed by atoms with Crippen molar-refractivity contribution >= 4 is 11.6 Å². The molecule has 1 fully saturated rings. The monoisotopic (exact) mass is 291 g/mol. The molecule has 0 amide bonds. The molecular formula is C15H18ClN3O. The highest BCUT2D eigenvalue weighted by Gasteiger charge is 2.25. The van der Waals surface area contributed by atoms with E-state index in [1.807, 2.05) is 37.6 Å². The molecule has 0 bridgehead atoms. The zero-order chi connectivity index (χ0) is 14.1. The highest BCUT2D eigenvalue weighted by molar-refractivity contribution is 6.32. The lowest BCUT2D eigenvalue weighted by Crippen LogP contribution is -2.06. The molecule has 1 aliphatic carbocycles. The number of aromatic nitrogens is 2.